The second-order valence-corrected chi connectivity index (χ2v) is 4.84. The largest absolute Gasteiger partial charge is 0.493 e. The molecule has 0 fully saturated rings. The van der Waals surface area contributed by atoms with E-state index in [1.165, 1.54) is 11.1 Å². The maximum absolute atomic E-state index is 11.5. The molecule has 0 saturated carbocycles. The Morgan fingerprint density at radius 3 is 2.47 bits per heavy atom. The van der Waals surface area contributed by atoms with Crippen molar-refractivity contribution >= 4 is 5.91 Å². The average Bonchev–Trinajstić information content (AvgIpc) is 2.45. The Morgan fingerprint density at radius 2 is 1.89 bits per heavy atom. The van der Waals surface area contributed by atoms with Gasteiger partial charge in [0.1, 0.15) is 0 Å². The quantitative estimate of drug-likeness (QED) is 0.905. The number of hydrogen-bond acceptors (Lipinski definition) is 3. The van der Waals surface area contributed by atoms with Crippen LogP contribution in [-0.2, 0) is 17.6 Å². The topological polar surface area (TPSA) is 47.6 Å². The van der Waals surface area contributed by atoms with E-state index >= 15 is 0 Å². The molecular formula is C15H21NO3. The van der Waals surface area contributed by atoms with Gasteiger partial charge in [0.15, 0.2) is 11.5 Å². The normalized spacial score (nSPS) is 17.5. The fraction of sp³-hybridized carbons (Fsp3) is 0.533. The molecule has 0 aliphatic heterocycles. The first-order valence-electron chi connectivity index (χ1n) is 6.71. The standard InChI is InChI=1S/C15H21NO3/c1-4-15(17)16-12-6-5-10-8-13(18-2)14(19-3)9-11(10)7-12/h8-9,12H,4-7H2,1-3H3,(H,16,17). The summed E-state index contributed by atoms with van der Waals surface area (Å²) in [5.41, 5.74) is 2.53. The number of carbonyl (C=O) groups is 1. The molecule has 104 valence electrons. The molecule has 1 amide bonds. The fourth-order valence-electron chi connectivity index (χ4n) is 2.54. The van der Waals surface area contributed by atoms with E-state index in [0.29, 0.717) is 6.42 Å². The number of benzene rings is 1. The second kappa shape index (κ2) is 5.95. The number of fused-ring (bicyclic) bond motifs is 1. The summed E-state index contributed by atoms with van der Waals surface area (Å²) in [6, 6.07) is 4.31. The fourth-order valence-corrected chi connectivity index (χ4v) is 2.54. The van der Waals surface area contributed by atoms with Crippen molar-refractivity contribution in [2.45, 2.75) is 38.6 Å². The molecule has 1 N–H and O–H groups in total. The van der Waals surface area contributed by atoms with Crippen molar-refractivity contribution in [3.8, 4) is 11.5 Å². The summed E-state index contributed by atoms with van der Waals surface area (Å²) in [7, 11) is 3.29. The summed E-state index contributed by atoms with van der Waals surface area (Å²) in [5, 5.41) is 3.06. The molecule has 1 aliphatic rings. The van der Waals surface area contributed by atoms with Gasteiger partial charge in [0.05, 0.1) is 14.2 Å². The number of nitrogens with one attached hydrogen (secondary N) is 1. The van der Waals surface area contributed by atoms with Crippen LogP contribution in [0.25, 0.3) is 0 Å². The molecule has 1 aromatic carbocycles. The van der Waals surface area contributed by atoms with Gasteiger partial charge in [0, 0.05) is 12.5 Å². The van der Waals surface area contributed by atoms with Crippen molar-refractivity contribution in [1.29, 1.82) is 0 Å². The van der Waals surface area contributed by atoms with E-state index in [4.69, 9.17) is 9.47 Å². The predicted octanol–water partition coefficient (Wildman–Crippen LogP) is 2.09. The van der Waals surface area contributed by atoms with E-state index in [0.717, 1.165) is 30.8 Å². The lowest BCUT2D eigenvalue weighted by Crippen LogP contribution is -2.38. The Morgan fingerprint density at radius 1 is 1.26 bits per heavy atom. The van der Waals surface area contributed by atoms with Gasteiger partial charge in [-0.1, -0.05) is 6.92 Å². The molecule has 0 spiro atoms. The number of rotatable bonds is 4. The van der Waals surface area contributed by atoms with Crippen LogP contribution in [0.15, 0.2) is 12.1 Å². The van der Waals surface area contributed by atoms with Crippen molar-refractivity contribution in [2.75, 3.05) is 14.2 Å². The Bertz CT molecular complexity index is 471. The summed E-state index contributed by atoms with van der Waals surface area (Å²) in [4.78, 5) is 11.5. The van der Waals surface area contributed by atoms with E-state index in [2.05, 4.69) is 5.32 Å². The monoisotopic (exact) mass is 263 g/mol. The lowest BCUT2D eigenvalue weighted by molar-refractivity contribution is -0.121. The molecule has 1 aliphatic carbocycles. The van der Waals surface area contributed by atoms with E-state index < -0.39 is 0 Å². The van der Waals surface area contributed by atoms with E-state index in [1.54, 1.807) is 14.2 Å². The van der Waals surface area contributed by atoms with Crippen LogP contribution in [0.1, 0.15) is 30.9 Å². The van der Waals surface area contributed by atoms with Crippen LogP contribution in [-0.4, -0.2) is 26.2 Å². The molecule has 1 unspecified atom stereocenters. The van der Waals surface area contributed by atoms with Crippen molar-refractivity contribution in [2.24, 2.45) is 0 Å². The van der Waals surface area contributed by atoms with Crippen molar-refractivity contribution < 1.29 is 14.3 Å². The van der Waals surface area contributed by atoms with Crippen molar-refractivity contribution in [3.05, 3.63) is 23.3 Å². The van der Waals surface area contributed by atoms with Gasteiger partial charge in [-0.3, -0.25) is 4.79 Å². The zero-order valence-corrected chi connectivity index (χ0v) is 11.8. The maximum Gasteiger partial charge on any atom is 0.219 e. The number of ether oxygens (including phenoxy) is 2. The van der Waals surface area contributed by atoms with Gasteiger partial charge in [0.2, 0.25) is 5.91 Å². The number of carbonyl (C=O) groups excluding carboxylic acids is 1. The van der Waals surface area contributed by atoms with Gasteiger partial charge >= 0.3 is 0 Å². The van der Waals surface area contributed by atoms with Gasteiger partial charge in [-0.15, -0.1) is 0 Å². The Labute approximate surface area is 114 Å². The van der Waals surface area contributed by atoms with Gasteiger partial charge in [-0.25, -0.2) is 0 Å². The first-order valence-corrected chi connectivity index (χ1v) is 6.71. The minimum atomic E-state index is 0.119. The first kappa shape index (κ1) is 13.7. The number of methoxy groups -OCH3 is 2. The molecule has 4 nitrogen and oxygen atoms in total. The average molecular weight is 263 g/mol. The summed E-state index contributed by atoms with van der Waals surface area (Å²) in [5.74, 6) is 1.65. The minimum absolute atomic E-state index is 0.119. The van der Waals surface area contributed by atoms with Gasteiger partial charge in [-0.05, 0) is 42.5 Å². The molecular weight excluding hydrogens is 242 g/mol. The molecule has 0 radical (unpaired) electrons. The van der Waals surface area contributed by atoms with Crippen molar-refractivity contribution in [1.82, 2.24) is 5.32 Å². The predicted molar refractivity (Wildman–Crippen MR) is 73.8 cm³/mol. The number of hydrogen-bond donors (Lipinski definition) is 1. The molecule has 4 heteroatoms. The summed E-state index contributed by atoms with van der Waals surface area (Å²) >= 11 is 0. The molecule has 1 aromatic rings. The summed E-state index contributed by atoms with van der Waals surface area (Å²) < 4.78 is 10.6. The highest BCUT2D eigenvalue weighted by molar-refractivity contribution is 5.75. The lowest BCUT2D eigenvalue weighted by atomic mass is 9.87. The van der Waals surface area contributed by atoms with Crippen LogP contribution in [0.3, 0.4) is 0 Å². The number of amides is 1. The first-order chi connectivity index (χ1) is 9.17. The summed E-state index contributed by atoms with van der Waals surface area (Å²) in [6.45, 7) is 1.87. The second-order valence-electron chi connectivity index (χ2n) is 4.84. The Kier molecular flexibility index (Phi) is 4.30. The molecule has 0 heterocycles. The minimum Gasteiger partial charge on any atom is -0.493 e. The molecule has 19 heavy (non-hydrogen) atoms. The highest BCUT2D eigenvalue weighted by Crippen LogP contribution is 2.34. The third-order valence-electron chi connectivity index (χ3n) is 3.62. The Hall–Kier alpha value is -1.71. The molecule has 0 saturated heterocycles. The van der Waals surface area contributed by atoms with Crippen LogP contribution >= 0.6 is 0 Å². The van der Waals surface area contributed by atoms with Gasteiger partial charge in [-0.2, -0.15) is 0 Å². The zero-order chi connectivity index (χ0) is 13.8. The van der Waals surface area contributed by atoms with Crippen LogP contribution in [0.2, 0.25) is 0 Å². The molecule has 1 atom stereocenters. The van der Waals surface area contributed by atoms with Crippen LogP contribution in [0.4, 0.5) is 0 Å². The van der Waals surface area contributed by atoms with Gasteiger partial charge in [0.25, 0.3) is 0 Å². The Balaban J connectivity index is 2.18. The van der Waals surface area contributed by atoms with Crippen LogP contribution < -0.4 is 14.8 Å². The molecule has 0 bridgehead atoms. The van der Waals surface area contributed by atoms with E-state index in [-0.39, 0.29) is 11.9 Å². The SMILES string of the molecule is CCC(=O)NC1CCc2cc(OC)c(OC)cc2C1. The van der Waals surface area contributed by atoms with E-state index in [9.17, 15) is 4.79 Å². The highest BCUT2D eigenvalue weighted by atomic mass is 16.5. The van der Waals surface area contributed by atoms with Crippen LogP contribution in [0, 0.1) is 0 Å². The molecule has 2 rings (SSSR count). The highest BCUT2D eigenvalue weighted by Gasteiger charge is 2.21. The van der Waals surface area contributed by atoms with Crippen molar-refractivity contribution in [3.63, 3.8) is 0 Å². The van der Waals surface area contributed by atoms with E-state index in [1.807, 2.05) is 19.1 Å². The van der Waals surface area contributed by atoms with Gasteiger partial charge < -0.3 is 14.8 Å². The number of aryl methyl sites for hydroxylation is 1. The van der Waals surface area contributed by atoms with Crippen LogP contribution in [0.5, 0.6) is 11.5 Å². The maximum atomic E-state index is 11.5. The molecule has 0 aromatic heterocycles. The zero-order valence-electron chi connectivity index (χ0n) is 11.8. The smallest absolute Gasteiger partial charge is 0.219 e. The third kappa shape index (κ3) is 3.00. The summed E-state index contributed by atoms with van der Waals surface area (Å²) in [6.07, 6.45) is 3.34. The third-order valence-corrected chi connectivity index (χ3v) is 3.62. The lowest BCUT2D eigenvalue weighted by Gasteiger charge is -2.26.